The number of nitrogens with one attached hydrogen (secondary N) is 1. The summed E-state index contributed by atoms with van der Waals surface area (Å²) in [4.78, 5) is 2.95. The summed E-state index contributed by atoms with van der Waals surface area (Å²) >= 11 is 5.14. The zero-order valence-electron chi connectivity index (χ0n) is 9.18. The Hall–Kier alpha value is -1.83. The van der Waals surface area contributed by atoms with Crippen molar-refractivity contribution in [3.8, 4) is 17.5 Å². The summed E-state index contributed by atoms with van der Waals surface area (Å²) < 4.78 is 2.56. The number of benzene rings is 1. The summed E-state index contributed by atoms with van der Waals surface area (Å²) in [7, 11) is 0. The maximum Gasteiger partial charge on any atom is 0.181 e. The number of rotatable bonds is 2. The first kappa shape index (κ1) is 11.6. The van der Waals surface area contributed by atoms with Gasteiger partial charge in [0.25, 0.3) is 0 Å². The topological polar surface area (TPSA) is 41.0 Å². The maximum atomic E-state index is 8.62. The molecule has 86 valence electrons. The highest BCUT2D eigenvalue weighted by Crippen LogP contribution is 2.09. The lowest BCUT2D eigenvalue weighted by atomic mass is 10.2. The summed E-state index contributed by atoms with van der Waals surface area (Å²) in [5, 5.41) is 8.62. The van der Waals surface area contributed by atoms with Gasteiger partial charge in [-0.25, -0.2) is 0 Å². The monoisotopic (exact) mass is 244 g/mol. The van der Waals surface area contributed by atoms with E-state index in [1.165, 1.54) is 0 Å². The minimum Gasteiger partial charge on any atom is -0.395 e. The first-order valence-corrected chi connectivity index (χ1v) is 5.68. The van der Waals surface area contributed by atoms with Gasteiger partial charge in [0.05, 0.1) is 6.61 Å². The average Bonchev–Trinajstić information content (AvgIpc) is 2.77. The van der Waals surface area contributed by atoms with Crippen molar-refractivity contribution >= 4 is 12.2 Å². The SMILES string of the molecule is OCCC#Cc1ccc(-n2cc[nH]c2=S)cc1. The van der Waals surface area contributed by atoms with Crippen LogP contribution < -0.4 is 0 Å². The largest absolute Gasteiger partial charge is 0.395 e. The summed E-state index contributed by atoms with van der Waals surface area (Å²) in [5.41, 5.74) is 1.94. The van der Waals surface area contributed by atoms with Crippen LogP contribution in [0.15, 0.2) is 36.7 Å². The molecule has 0 atom stereocenters. The van der Waals surface area contributed by atoms with E-state index in [9.17, 15) is 0 Å². The Kier molecular flexibility index (Phi) is 3.76. The lowest BCUT2D eigenvalue weighted by Crippen LogP contribution is -1.91. The van der Waals surface area contributed by atoms with Crippen molar-refractivity contribution in [2.45, 2.75) is 6.42 Å². The molecule has 0 saturated carbocycles. The van der Waals surface area contributed by atoms with E-state index in [2.05, 4.69) is 16.8 Å². The Balaban J connectivity index is 2.23. The van der Waals surface area contributed by atoms with Gasteiger partial charge < -0.3 is 10.1 Å². The second kappa shape index (κ2) is 5.48. The number of imidazole rings is 1. The normalized spacial score (nSPS) is 9.71. The standard InChI is InChI=1S/C13H12N2OS/c16-10-2-1-3-11-4-6-12(7-5-11)15-9-8-14-13(15)17/h4-9,16H,2,10H2,(H,14,17). The molecule has 17 heavy (non-hydrogen) atoms. The molecule has 0 spiro atoms. The van der Waals surface area contributed by atoms with Gasteiger partial charge in [-0.1, -0.05) is 11.8 Å². The van der Waals surface area contributed by atoms with Crippen LogP contribution in [0.3, 0.4) is 0 Å². The molecule has 0 aliphatic carbocycles. The van der Waals surface area contributed by atoms with Crippen molar-refractivity contribution in [3.63, 3.8) is 0 Å². The molecule has 3 nitrogen and oxygen atoms in total. The molecular weight excluding hydrogens is 232 g/mol. The summed E-state index contributed by atoms with van der Waals surface area (Å²) in [6.07, 6.45) is 4.19. The molecule has 2 N–H and O–H groups in total. The van der Waals surface area contributed by atoms with Crippen molar-refractivity contribution in [3.05, 3.63) is 47.0 Å². The molecule has 0 aliphatic heterocycles. The Labute approximate surface area is 105 Å². The number of hydrogen-bond acceptors (Lipinski definition) is 2. The van der Waals surface area contributed by atoms with Gasteiger partial charge in [-0.3, -0.25) is 4.57 Å². The van der Waals surface area contributed by atoms with Crippen molar-refractivity contribution in [1.29, 1.82) is 0 Å². The van der Waals surface area contributed by atoms with Crippen LogP contribution in [-0.4, -0.2) is 21.3 Å². The molecule has 0 bridgehead atoms. The second-order valence-corrected chi connectivity index (χ2v) is 3.84. The molecule has 0 radical (unpaired) electrons. The molecular formula is C13H12N2OS. The highest BCUT2D eigenvalue weighted by atomic mass is 32.1. The molecule has 4 heteroatoms. The predicted octanol–water partition coefficient (Wildman–Crippen LogP) is 2.27. The van der Waals surface area contributed by atoms with Crippen LogP contribution >= 0.6 is 12.2 Å². The Morgan fingerprint density at radius 1 is 1.29 bits per heavy atom. The number of aromatic nitrogens is 2. The Bertz CT molecular complexity index is 599. The van der Waals surface area contributed by atoms with Gasteiger partial charge in [0.2, 0.25) is 0 Å². The number of aliphatic hydroxyl groups is 1. The third-order valence-corrected chi connectivity index (χ3v) is 2.58. The summed E-state index contributed by atoms with van der Waals surface area (Å²) in [5.74, 6) is 5.86. The third kappa shape index (κ3) is 2.84. The van der Waals surface area contributed by atoms with E-state index < -0.39 is 0 Å². The molecule has 0 aliphatic rings. The molecule has 0 unspecified atom stereocenters. The Morgan fingerprint density at radius 2 is 2.06 bits per heavy atom. The van der Waals surface area contributed by atoms with Crippen LogP contribution in [0, 0.1) is 16.6 Å². The summed E-state index contributed by atoms with van der Waals surface area (Å²) in [6.45, 7) is 0.101. The van der Waals surface area contributed by atoms with Crippen molar-refractivity contribution < 1.29 is 5.11 Å². The highest BCUT2D eigenvalue weighted by Gasteiger charge is 1.96. The van der Waals surface area contributed by atoms with Crippen molar-refractivity contribution in [2.75, 3.05) is 6.61 Å². The fourth-order valence-electron chi connectivity index (χ4n) is 1.45. The lowest BCUT2D eigenvalue weighted by Gasteiger charge is -2.01. The zero-order valence-corrected chi connectivity index (χ0v) is 10.00. The first-order valence-electron chi connectivity index (χ1n) is 5.27. The van der Waals surface area contributed by atoms with Gasteiger partial charge >= 0.3 is 0 Å². The minimum absolute atomic E-state index is 0.101. The van der Waals surface area contributed by atoms with Gasteiger partial charge in [-0.2, -0.15) is 0 Å². The fourth-order valence-corrected chi connectivity index (χ4v) is 1.68. The fraction of sp³-hybridized carbons (Fsp3) is 0.154. The van der Waals surface area contributed by atoms with Crippen LogP contribution in [0.2, 0.25) is 0 Å². The molecule has 0 amide bonds. The van der Waals surface area contributed by atoms with Crippen LogP contribution in [0.5, 0.6) is 0 Å². The molecule has 0 saturated heterocycles. The maximum absolute atomic E-state index is 8.62. The van der Waals surface area contributed by atoms with Gasteiger partial charge in [0.15, 0.2) is 4.77 Å². The zero-order chi connectivity index (χ0) is 12.1. The van der Waals surface area contributed by atoms with Crippen LogP contribution in [0.4, 0.5) is 0 Å². The molecule has 2 aromatic rings. The third-order valence-electron chi connectivity index (χ3n) is 2.26. The van der Waals surface area contributed by atoms with E-state index in [1.807, 2.05) is 35.0 Å². The van der Waals surface area contributed by atoms with Crippen LogP contribution in [0.1, 0.15) is 12.0 Å². The molecule has 1 heterocycles. The van der Waals surface area contributed by atoms with E-state index in [4.69, 9.17) is 17.3 Å². The smallest absolute Gasteiger partial charge is 0.181 e. The number of H-pyrrole nitrogens is 1. The van der Waals surface area contributed by atoms with E-state index in [0.717, 1.165) is 11.3 Å². The van der Waals surface area contributed by atoms with Crippen LogP contribution in [0.25, 0.3) is 5.69 Å². The average molecular weight is 244 g/mol. The van der Waals surface area contributed by atoms with Gasteiger partial charge in [-0.15, -0.1) is 0 Å². The van der Waals surface area contributed by atoms with Gasteiger partial charge in [0.1, 0.15) is 0 Å². The van der Waals surface area contributed by atoms with E-state index >= 15 is 0 Å². The number of aromatic amines is 1. The van der Waals surface area contributed by atoms with Gasteiger partial charge in [-0.05, 0) is 36.5 Å². The quantitative estimate of drug-likeness (QED) is 0.628. The van der Waals surface area contributed by atoms with E-state index in [0.29, 0.717) is 11.2 Å². The number of nitrogens with zero attached hydrogens (tertiary/aromatic N) is 1. The molecule has 2 rings (SSSR count). The first-order chi connectivity index (χ1) is 8.31. The molecule has 1 aromatic heterocycles. The highest BCUT2D eigenvalue weighted by molar-refractivity contribution is 7.71. The minimum atomic E-state index is 0.101. The van der Waals surface area contributed by atoms with Gasteiger partial charge in [0, 0.05) is 30.1 Å². The molecule has 1 aromatic carbocycles. The second-order valence-electron chi connectivity index (χ2n) is 3.46. The van der Waals surface area contributed by atoms with E-state index in [1.54, 1.807) is 6.20 Å². The van der Waals surface area contributed by atoms with Crippen LogP contribution in [-0.2, 0) is 0 Å². The number of aliphatic hydroxyl groups excluding tert-OH is 1. The Morgan fingerprint density at radius 3 is 2.65 bits per heavy atom. The molecule has 0 fully saturated rings. The summed E-state index contributed by atoms with van der Waals surface area (Å²) in [6, 6.07) is 7.81. The predicted molar refractivity (Wildman–Crippen MR) is 69.5 cm³/mol. The van der Waals surface area contributed by atoms with Crippen molar-refractivity contribution in [1.82, 2.24) is 9.55 Å². The van der Waals surface area contributed by atoms with E-state index in [-0.39, 0.29) is 6.61 Å². The van der Waals surface area contributed by atoms with Crippen molar-refractivity contribution in [2.24, 2.45) is 0 Å². The number of hydrogen-bond donors (Lipinski definition) is 2. The lowest BCUT2D eigenvalue weighted by molar-refractivity contribution is 0.305.